The highest BCUT2D eigenvalue weighted by Gasteiger charge is 2.23. The lowest BCUT2D eigenvalue weighted by Gasteiger charge is -2.16. The molecule has 2 rings (SSSR count). The van der Waals surface area contributed by atoms with Gasteiger partial charge in [-0.1, -0.05) is 5.11 Å². The fourth-order valence-corrected chi connectivity index (χ4v) is 1.82. The van der Waals surface area contributed by atoms with Gasteiger partial charge in [0.1, 0.15) is 6.10 Å². The highest BCUT2D eigenvalue weighted by Crippen LogP contribution is 2.29. The number of aliphatic hydroxyl groups excluding tert-OH is 2. The van der Waals surface area contributed by atoms with E-state index < -0.39 is 17.1 Å². The number of non-ortho nitro benzene ring substituents is 1. The van der Waals surface area contributed by atoms with Crippen molar-refractivity contribution in [2.45, 2.75) is 12.2 Å². The van der Waals surface area contributed by atoms with E-state index in [1.807, 2.05) is 0 Å². The van der Waals surface area contributed by atoms with Crippen molar-refractivity contribution >= 4 is 16.6 Å². The minimum Gasteiger partial charge on any atom is -0.390 e. The molecule has 104 valence electrons. The Morgan fingerprint density at radius 1 is 1.55 bits per heavy atom. The summed E-state index contributed by atoms with van der Waals surface area (Å²) >= 11 is 0. The molecular formula is C10H10N6O4. The molecule has 0 fully saturated rings. The number of H-pyrrole nitrogens is 1. The van der Waals surface area contributed by atoms with Crippen LogP contribution in [0.3, 0.4) is 0 Å². The van der Waals surface area contributed by atoms with Crippen LogP contribution in [0.4, 0.5) is 5.69 Å². The Labute approximate surface area is 111 Å². The Balaban J connectivity index is 2.43. The fourth-order valence-electron chi connectivity index (χ4n) is 1.82. The molecule has 20 heavy (non-hydrogen) atoms. The molecule has 0 saturated carbocycles. The molecule has 1 aromatic carbocycles. The molecule has 0 aliphatic heterocycles. The minimum atomic E-state index is -1.41. The predicted molar refractivity (Wildman–Crippen MR) is 67.7 cm³/mol. The quantitative estimate of drug-likeness (QED) is 0.245. The van der Waals surface area contributed by atoms with Crippen LogP contribution in [-0.2, 0) is 0 Å². The number of hydrogen-bond donors (Lipinski definition) is 3. The molecule has 0 radical (unpaired) electrons. The number of azide groups is 1. The van der Waals surface area contributed by atoms with E-state index in [0.717, 1.165) is 6.07 Å². The summed E-state index contributed by atoms with van der Waals surface area (Å²) in [6, 6.07) is 2.60. The number of nitro groups is 1. The monoisotopic (exact) mass is 278 g/mol. The number of benzene rings is 1. The van der Waals surface area contributed by atoms with Crippen LogP contribution in [0.25, 0.3) is 21.3 Å². The van der Waals surface area contributed by atoms with Crippen LogP contribution >= 0.6 is 0 Å². The second-order valence-electron chi connectivity index (χ2n) is 4.05. The smallest absolute Gasteiger partial charge is 0.280 e. The predicted octanol–water partition coefficient (Wildman–Crippen LogP) is 1.18. The third-order valence-electron chi connectivity index (χ3n) is 2.79. The van der Waals surface area contributed by atoms with Gasteiger partial charge in [0.05, 0.1) is 34.7 Å². The third-order valence-corrected chi connectivity index (χ3v) is 2.79. The van der Waals surface area contributed by atoms with Crippen molar-refractivity contribution < 1.29 is 15.1 Å². The summed E-state index contributed by atoms with van der Waals surface area (Å²) in [6.07, 6.45) is -1.46. The van der Waals surface area contributed by atoms with Gasteiger partial charge < -0.3 is 10.2 Å². The molecule has 1 heterocycles. The van der Waals surface area contributed by atoms with E-state index >= 15 is 0 Å². The van der Waals surface area contributed by atoms with Crippen LogP contribution in [0.15, 0.2) is 23.4 Å². The lowest BCUT2D eigenvalue weighted by atomic mass is 10.0. The van der Waals surface area contributed by atoms with Gasteiger partial charge in [-0.3, -0.25) is 15.2 Å². The largest absolute Gasteiger partial charge is 0.390 e. The van der Waals surface area contributed by atoms with Crippen molar-refractivity contribution in [2.24, 2.45) is 5.11 Å². The van der Waals surface area contributed by atoms with Gasteiger partial charge in [-0.05, 0) is 17.2 Å². The van der Waals surface area contributed by atoms with Crippen molar-refractivity contribution in [1.29, 1.82) is 0 Å². The molecule has 0 aliphatic carbocycles. The molecule has 2 unspecified atom stereocenters. The Morgan fingerprint density at radius 2 is 2.30 bits per heavy atom. The van der Waals surface area contributed by atoms with E-state index in [1.54, 1.807) is 0 Å². The molecule has 10 nitrogen and oxygen atoms in total. The molecule has 1 aromatic heterocycles. The van der Waals surface area contributed by atoms with Gasteiger partial charge in [-0.25, -0.2) is 0 Å². The first-order chi connectivity index (χ1) is 9.54. The summed E-state index contributed by atoms with van der Waals surface area (Å²) < 4.78 is 0. The maximum Gasteiger partial charge on any atom is 0.280 e. The molecule has 0 aliphatic rings. The average molecular weight is 278 g/mol. The fraction of sp³-hybridized carbons (Fsp3) is 0.300. The van der Waals surface area contributed by atoms with Gasteiger partial charge in [0.15, 0.2) is 0 Å². The zero-order chi connectivity index (χ0) is 14.7. The number of nitrogens with one attached hydrogen (secondary N) is 1. The van der Waals surface area contributed by atoms with Crippen LogP contribution in [0, 0.1) is 10.1 Å². The minimum absolute atomic E-state index is 0.133. The highest BCUT2D eigenvalue weighted by atomic mass is 16.6. The Kier molecular flexibility index (Phi) is 3.80. The standard InChI is InChI=1S/C10H10N6O4/c11-15-13-4-9(17)10(18)5-1-7-6(3-12-14-7)8(2-5)16(19)20/h1-3,9-10,17-18H,4H2,(H,12,14). The summed E-state index contributed by atoms with van der Waals surface area (Å²) in [7, 11) is 0. The number of aromatic nitrogens is 2. The molecule has 0 amide bonds. The molecule has 0 spiro atoms. The SMILES string of the molecule is [N-]=[N+]=NCC(O)C(O)c1cc([N+](=O)[O-])c2cn[nH]c2c1. The Hall–Kier alpha value is -2.68. The third kappa shape index (κ3) is 2.52. The molecule has 2 atom stereocenters. The second kappa shape index (κ2) is 5.53. The summed E-state index contributed by atoms with van der Waals surface area (Å²) in [5.74, 6) is 0. The van der Waals surface area contributed by atoms with Crippen molar-refractivity contribution in [3.63, 3.8) is 0 Å². The number of nitro benzene ring substituents is 1. The topological polar surface area (TPSA) is 161 Å². The number of fused-ring (bicyclic) bond motifs is 1. The van der Waals surface area contributed by atoms with Gasteiger partial charge in [0.25, 0.3) is 5.69 Å². The average Bonchev–Trinajstić information content (AvgIpc) is 2.90. The van der Waals surface area contributed by atoms with Gasteiger partial charge in [-0.2, -0.15) is 5.10 Å². The van der Waals surface area contributed by atoms with Crippen LogP contribution in [-0.4, -0.2) is 38.0 Å². The molecule has 0 saturated heterocycles. The van der Waals surface area contributed by atoms with E-state index in [9.17, 15) is 20.3 Å². The second-order valence-corrected chi connectivity index (χ2v) is 4.05. The van der Waals surface area contributed by atoms with E-state index in [-0.39, 0.29) is 17.8 Å². The Morgan fingerprint density at radius 3 is 2.95 bits per heavy atom. The zero-order valence-electron chi connectivity index (χ0n) is 10.0. The van der Waals surface area contributed by atoms with Crippen molar-refractivity contribution in [3.8, 4) is 0 Å². The number of nitrogens with zero attached hydrogens (tertiary/aromatic N) is 5. The highest BCUT2D eigenvalue weighted by molar-refractivity contribution is 5.88. The van der Waals surface area contributed by atoms with Gasteiger partial charge >= 0.3 is 0 Å². The first kappa shape index (κ1) is 13.7. The van der Waals surface area contributed by atoms with E-state index in [4.69, 9.17) is 5.53 Å². The van der Waals surface area contributed by atoms with Crippen LogP contribution in [0.2, 0.25) is 0 Å². The maximum atomic E-state index is 11.0. The van der Waals surface area contributed by atoms with Crippen LogP contribution in [0.5, 0.6) is 0 Å². The van der Waals surface area contributed by atoms with Crippen molar-refractivity contribution in [2.75, 3.05) is 6.54 Å². The molecule has 3 N–H and O–H groups in total. The van der Waals surface area contributed by atoms with Crippen molar-refractivity contribution in [1.82, 2.24) is 10.2 Å². The van der Waals surface area contributed by atoms with Crippen LogP contribution < -0.4 is 0 Å². The molecular weight excluding hydrogens is 268 g/mol. The van der Waals surface area contributed by atoms with Gasteiger partial charge in [0, 0.05) is 11.0 Å². The zero-order valence-corrected chi connectivity index (χ0v) is 10.0. The van der Waals surface area contributed by atoms with Crippen molar-refractivity contribution in [3.05, 3.63) is 44.5 Å². The summed E-state index contributed by atoms with van der Waals surface area (Å²) in [5, 5.41) is 40.3. The van der Waals surface area contributed by atoms with Gasteiger partial charge in [0.2, 0.25) is 0 Å². The first-order valence-electron chi connectivity index (χ1n) is 5.53. The molecule has 2 aromatic rings. The lowest BCUT2D eigenvalue weighted by molar-refractivity contribution is -0.383. The summed E-state index contributed by atoms with van der Waals surface area (Å²) in [5.41, 5.74) is 8.42. The van der Waals surface area contributed by atoms with E-state index in [1.165, 1.54) is 12.3 Å². The molecule has 0 bridgehead atoms. The summed E-state index contributed by atoms with van der Waals surface area (Å²) in [6.45, 7) is -0.341. The maximum absolute atomic E-state index is 11.0. The number of rotatable bonds is 5. The van der Waals surface area contributed by atoms with Gasteiger partial charge in [-0.15, -0.1) is 0 Å². The number of aromatic amines is 1. The van der Waals surface area contributed by atoms with E-state index in [2.05, 4.69) is 20.2 Å². The normalized spacial score (nSPS) is 13.7. The first-order valence-corrected chi connectivity index (χ1v) is 5.53. The van der Waals surface area contributed by atoms with Crippen LogP contribution in [0.1, 0.15) is 11.7 Å². The Bertz CT molecular complexity index is 692. The van der Waals surface area contributed by atoms with E-state index in [0.29, 0.717) is 10.9 Å². The number of hydrogen-bond acceptors (Lipinski definition) is 6. The summed E-state index contributed by atoms with van der Waals surface area (Å²) in [4.78, 5) is 12.8. The molecule has 10 heteroatoms. The lowest BCUT2D eigenvalue weighted by Crippen LogP contribution is -2.21. The number of aliphatic hydroxyl groups is 2.